The van der Waals surface area contributed by atoms with Crippen molar-refractivity contribution >= 4 is 22.8 Å². The SMILES string of the molecule is CN(CCCc1cccc2ccccc12)C(=O)[C@@H]1CC(O)CN1C(=O)OCc1ccccc1. The molecule has 2 amide bonds. The number of aliphatic hydroxyl groups excluding tert-OH is 1. The number of benzene rings is 3. The van der Waals surface area contributed by atoms with E-state index < -0.39 is 18.2 Å². The molecular formula is C27H30N2O4. The van der Waals surface area contributed by atoms with Gasteiger partial charge in [-0.1, -0.05) is 72.8 Å². The molecule has 3 aromatic carbocycles. The van der Waals surface area contributed by atoms with Crippen LogP contribution in [0, 0.1) is 0 Å². The van der Waals surface area contributed by atoms with E-state index in [1.807, 2.05) is 42.5 Å². The van der Waals surface area contributed by atoms with Crippen LogP contribution in [0.3, 0.4) is 0 Å². The Labute approximate surface area is 194 Å². The normalized spacial score (nSPS) is 17.8. The number of nitrogens with zero attached hydrogens (tertiary/aromatic N) is 2. The van der Waals surface area contributed by atoms with Crippen LogP contribution in [-0.4, -0.2) is 59.2 Å². The van der Waals surface area contributed by atoms with Crippen molar-refractivity contribution in [3.63, 3.8) is 0 Å². The van der Waals surface area contributed by atoms with Crippen molar-refractivity contribution in [2.75, 3.05) is 20.1 Å². The number of aryl methyl sites for hydroxylation is 1. The third-order valence-corrected chi connectivity index (χ3v) is 6.20. The van der Waals surface area contributed by atoms with Gasteiger partial charge in [0, 0.05) is 20.0 Å². The van der Waals surface area contributed by atoms with E-state index in [-0.39, 0.29) is 25.5 Å². The molecule has 0 aromatic heterocycles. The Hall–Kier alpha value is -3.38. The molecule has 1 saturated heterocycles. The first-order valence-corrected chi connectivity index (χ1v) is 11.4. The molecule has 33 heavy (non-hydrogen) atoms. The average molecular weight is 447 g/mol. The third-order valence-electron chi connectivity index (χ3n) is 6.20. The lowest BCUT2D eigenvalue weighted by atomic mass is 10.0. The van der Waals surface area contributed by atoms with Gasteiger partial charge >= 0.3 is 6.09 Å². The number of ether oxygens (including phenoxy) is 1. The Morgan fingerprint density at radius 2 is 1.76 bits per heavy atom. The van der Waals surface area contributed by atoms with Crippen LogP contribution in [0.5, 0.6) is 0 Å². The Kier molecular flexibility index (Phi) is 7.25. The molecule has 0 spiro atoms. The lowest BCUT2D eigenvalue weighted by molar-refractivity contribution is -0.134. The molecule has 6 nitrogen and oxygen atoms in total. The molecule has 0 bridgehead atoms. The maximum atomic E-state index is 13.1. The Morgan fingerprint density at radius 1 is 1.03 bits per heavy atom. The van der Waals surface area contributed by atoms with Crippen LogP contribution < -0.4 is 0 Å². The molecule has 0 aliphatic carbocycles. The minimum absolute atomic E-state index is 0.105. The number of rotatable bonds is 7. The van der Waals surface area contributed by atoms with Crippen molar-refractivity contribution in [3.05, 3.63) is 83.9 Å². The third kappa shape index (κ3) is 5.52. The number of aliphatic hydroxyl groups is 1. The van der Waals surface area contributed by atoms with Crippen LogP contribution in [0.15, 0.2) is 72.8 Å². The summed E-state index contributed by atoms with van der Waals surface area (Å²) in [6.45, 7) is 0.809. The zero-order valence-electron chi connectivity index (χ0n) is 18.9. The van der Waals surface area contributed by atoms with Gasteiger partial charge in [0.15, 0.2) is 0 Å². The molecule has 1 N–H and O–H groups in total. The summed E-state index contributed by atoms with van der Waals surface area (Å²) >= 11 is 0. The highest BCUT2D eigenvalue weighted by atomic mass is 16.6. The van der Waals surface area contributed by atoms with Crippen LogP contribution in [0.25, 0.3) is 10.8 Å². The Balaban J connectivity index is 1.32. The van der Waals surface area contributed by atoms with Gasteiger partial charge in [0.05, 0.1) is 12.6 Å². The van der Waals surface area contributed by atoms with Gasteiger partial charge in [-0.05, 0) is 34.7 Å². The van der Waals surface area contributed by atoms with Crippen molar-refractivity contribution in [1.29, 1.82) is 0 Å². The molecule has 1 aliphatic heterocycles. The number of hydrogen-bond acceptors (Lipinski definition) is 4. The number of likely N-dealkylation sites (tertiary alicyclic amines) is 1. The molecule has 1 heterocycles. The number of carbonyl (C=O) groups is 2. The molecule has 3 aromatic rings. The molecule has 0 saturated carbocycles. The molecule has 6 heteroatoms. The van der Waals surface area contributed by atoms with E-state index in [2.05, 4.69) is 30.3 Å². The van der Waals surface area contributed by atoms with Gasteiger partial charge in [0.1, 0.15) is 12.6 Å². The lowest BCUT2D eigenvalue weighted by Gasteiger charge is -2.27. The van der Waals surface area contributed by atoms with Crippen molar-refractivity contribution < 1.29 is 19.4 Å². The van der Waals surface area contributed by atoms with E-state index >= 15 is 0 Å². The fraction of sp³-hybridized carbons (Fsp3) is 0.333. The van der Waals surface area contributed by atoms with Gasteiger partial charge in [-0.25, -0.2) is 4.79 Å². The molecule has 2 atom stereocenters. The van der Waals surface area contributed by atoms with Gasteiger partial charge in [-0.2, -0.15) is 0 Å². The highest BCUT2D eigenvalue weighted by molar-refractivity contribution is 5.87. The first kappa shape index (κ1) is 22.8. The summed E-state index contributed by atoms with van der Waals surface area (Å²) in [4.78, 5) is 28.8. The van der Waals surface area contributed by atoms with Crippen LogP contribution >= 0.6 is 0 Å². The first-order valence-electron chi connectivity index (χ1n) is 11.4. The summed E-state index contributed by atoms with van der Waals surface area (Å²) < 4.78 is 5.41. The van der Waals surface area contributed by atoms with Crippen molar-refractivity contribution in [2.24, 2.45) is 0 Å². The van der Waals surface area contributed by atoms with E-state index in [1.54, 1.807) is 11.9 Å². The molecule has 1 aliphatic rings. The van der Waals surface area contributed by atoms with Crippen LogP contribution in [-0.2, 0) is 22.6 Å². The number of likely N-dealkylation sites (N-methyl/N-ethyl adjacent to an activating group) is 1. The predicted octanol–water partition coefficient (Wildman–Crippen LogP) is 4.00. The summed E-state index contributed by atoms with van der Waals surface area (Å²) in [5, 5.41) is 12.6. The summed E-state index contributed by atoms with van der Waals surface area (Å²) in [6, 6.07) is 23.3. The maximum Gasteiger partial charge on any atom is 0.410 e. The van der Waals surface area contributed by atoms with Gasteiger partial charge in [0.2, 0.25) is 5.91 Å². The van der Waals surface area contributed by atoms with Crippen LogP contribution in [0.2, 0.25) is 0 Å². The van der Waals surface area contributed by atoms with Crippen molar-refractivity contribution in [3.8, 4) is 0 Å². The number of carbonyl (C=O) groups excluding carboxylic acids is 2. The summed E-state index contributed by atoms with van der Waals surface area (Å²) in [5.74, 6) is -0.166. The highest BCUT2D eigenvalue weighted by Crippen LogP contribution is 2.23. The minimum atomic E-state index is -0.729. The van der Waals surface area contributed by atoms with E-state index in [9.17, 15) is 14.7 Å². The molecule has 1 unspecified atom stereocenters. The fourth-order valence-electron chi connectivity index (χ4n) is 4.43. The monoisotopic (exact) mass is 446 g/mol. The van der Waals surface area contributed by atoms with E-state index in [0.29, 0.717) is 6.54 Å². The van der Waals surface area contributed by atoms with E-state index in [1.165, 1.54) is 21.2 Å². The first-order chi connectivity index (χ1) is 16.0. The number of fused-ring (bicyclic) bond motifs is 1. The summed E-state index contributed by atoms with van der Waals surface area (Å²) in [7, 11) is 1.75. The van der Waals surface area contributed by atoms with Gasteiger partial charge < -0.3 is 14.7 Å². The second-order valence-electron chi connectivity index (χ2n) is 8.60. The standard InChI is InChI=1S/C27H30N2O4/c1-28(16-8-14-22-13-7-12-21-11-5-6-15-24(21)22)26(31)25-17-23(30)18-29(25)27(32)33-19-20-9-3-2-4-10-20/h2-7,9-13,15,23,25,30H,8,14,16-19H2,1H3/t23?,25-/m0/s1. The van der Waals surface area contributed by atoms with Gasteiger partial charge in [-0.3, -0.25) is 9.69 Å². The number of hydrogen-bond donors (Lipinski definition) is 1. The summed E-state index contributed by atoms with van der Waals surface area (Å²) in [6.07, 6.45) is 0.594. The molecule has 0 radical (unpaired) electrons. The smallest absolute Gasteiger partial charge is 0.410 e. The molecule has 172 valence electrons. The second-order valence-corrected chi connectivity index (χ2v) is 8.60. The molecular weight excluding hydrogens is 416 g/mol. The Bertz CT molecular complexity index is 1100. The highest BCUT2D eigenvalue weighted by Gasteiger charge is 2.40. The largest absolute Gasteiger partial charge is 0.445 e. The number of β-amino-alcohol motifs (C(OH)–C–C–N with tert-alkyl or cyclic N) is 1. The van der Waals surface area contributed by atoms with Gasteiger partial charge in [-0.15, -0.1) is 0 Å². The maximum absolute atomic E-state index is 13.1. The zero-order chi connectivity index (χ0) is 23.2. The summed E-state index contributed by atoms with van der Waals surface area (Å²) in [5.41, 5.74) is 2.13. The van der Waals surface area contributed by atoms with Crippen molar-refractivity contribution in [2.45, 2.75) is 38.0 Å². The average Bonchev–Trinajstić information content (AvgIpc) is 3.24. The zero-order valence-corrected chi connectivity index (χ0v) is 18.9. The van der Waals surface area contributed by atoms with Crippen LogP contribution in [0.4, 0.5) is 4.79 Å². The van der Waals surface area contributed by atoms with Gasteiger partial charge in [0.25, 0.3) is 0 Å². The van der Waals surface area contributed by atoms with E-state index in [4.69, 9.17) is 4.74 Å². The fourth-order valence-corrected chi connectivity index (χ4v) is 4.43. The van der Waals surface area contributed by atoms with Crippen molar-refractivity contribution in [1.82, 2.24) is 9.80 Å². The minimum Gasteiger partial charge on any atom is -0.445 e. The van der Waals surface area contributed by atoms with E-state index in [0.717, 1.165) is 18.4 Å². The number of amides is 2. The second kappa shape index (κ2) is 10.5. The molecule has 4 rings (SSSR count). The quantitative estimate of drug-likeness (QED) is 0.596. The lowest BCUT2D eigenvalue weighted by Crippen LogP contribution is -2.47. The topological polar surface area (TPSA) is 70.1 Å². The Morgan fingerprint density at radius 3 is 2.58 bits per heavy atom. The molecule has 1 fully saturated rings. The predicted molar refractivity (Wildman–Crippen MR) is 128 cm³/mol. The van der Waals surface area contributed by atoms with Crippen LogP contribution in [0.1, 0.15) is 24.0 Å².